The van der Waals surface area contributed by atoms with Gasteiger partial charge in [-0.15, -0.1) is 0 Å². The van der Waals surface area contributed by atoms with E-state index in [-0.39, 0.29) is 5.66 Å². The molecule has 1 atom stereocenters. The molecule has 3 nitrogen and oxygen atoms in total. The van der Waals surface area contributed by atoms with Crippen molar-refractivity contribution in [2.75, 3.05) is 14.2 Å². The molecule has 84 valence electrons. The highest BCUT2D eigenvalue weighted by molar-refractivity contribution is 7.54. The molecule has 0 unspecified atom stereocenters. The topological polar surface area (TPSA) is 35.5 Å². The summed E-state index contributed by atoms with van der Waals surface area (Å²) in [5.74, 6) is 0. The van der Waals surface area contributed by atoms with Crippen molar-refractivity contribution in [3.63, 3.8) is 0 Å². The van der Waals surface area contributed by atoms with Crippen molar-refractivity contribution in [1.29, 1.82) is 0 Å². The van der Waals surface area contributed by atoms with Gasteiger partial charge in [-0.25, -0.2) is 0 Å². The lowest BCUT2D eigenvalue weighted by atomic mass is 10.1. The first-order chi connectivity index (χ1) is 7.18. The lowest BCUT2D eigenvalue weighted by Crippen LogP contribution is -2.02. The zero-order valence-electron chi connectivity index (χ0n) is 9.34. The Morgan fingerprint density at radius 3 is 2.13 bits per heavy atom. The summed E-state index contributed by atoms with van der Waals surface area (Å²) in [6, 6.07) is 9.67. The number of benzene rings is 1. The van der Waals surface area contributed by atoms with Gasteiger partial charge < -0.3 is 9.05 Å². The Labute approximate surface area is 90.9 Å². The first-order valence-corrected chi connectivity index (χ1v) is 6.55. The molecule has 1 aromatic carbocycles. The maximum atomic E-state index is 12.2. The van der Waals surface area contributed by atoms with E-state index in [1.165, 1.54) is 14.2 Å². The first-order valence-electron chi connectivity index (χ1n) is 4.94. The van der Waals surface area contributed by atoms with E-state index in [1.807, 2.05) is 37.3 Å². The van der Waals surface area contributed by atoms with Gasteiger partial charge in [-0.3, -0.25) is 4.57 Å². The van der Waals surface area contributed by atoms with Crippen LogP contribution in [-0.2, 0) is 13.6 Å². The van der Waals surface area contributed by atoms with Crippen molar-refractivity contribution in [2.24, 2.45) is 0 Å². The molecule has 0 heterocycles. The fourth-order valence-corrected chi connectivity index (χ4v) is 3.29. The Bertz CT molecular complexity index is 329. The minimum Gasteiger partial charge on any atom is -0.312 e. The smallest absolute Gasteiger partial charge is 0.312 e. The maximum absolute atomic E-state index is 12.2. The molecule has 0 amide bonds. The molecule has 0 fully saturated rings. The summed E-state index contributed by atoms with van der Waals surface area (Å²) in [5.41, 5.74) is 0.806. The molecule has 0 aromatic heterocycles. The van der Waals surface area contributed by atoms with Crippen molar-refractivity contribution >= 4 is 7.60 Å². The molecule has 0 bridgehead atoms. The quantitative estimate of drug-likeness (QED) is 0.722. The predicted molar refractivity (Wildman–Crippen MR) is 61.1 cm³/mol. The molecule has 0 saturated heterocycles. The third kappa shape index (κ3) is 2.69. The number of hydrogen-bond acceptors (Lipinski definition) is 3. The van der Waals surface area contributed by atoms with E-state index < -0.39 is 7.60 Å². The van der Waals surface area contributed by atoms with Gasteiger partial charge >= 0.3 is 7.60 Å². The monoisotopic (exact) mass is 228 g/mol. The van der Waals surface area contributed by atoms with Crippen LogP contribution >= 0.6 is 7.60 Å². The molecule has 1 aromatic rings. The van der Waals surface area contributed by atoms with Gasteiger partial charge in [0.15, 0.2) is 0 Å². The molecule has 0 radical (unpaired) electrons. The summed E-state index contributed by atoms with van der Waals surface area (Å²) in [5, 5.41) is 0. The maximum Gasteiger partial charge on any atom is 0.337 e. The van der Waals surface area contributed by atoms with Crippen molar-refractivity contribution in [3.8, 4) is 0 Å². The molecule has 0 N–H and O–H groups in total. The summed E-state index contributed by atoms with van der Waals surface area (Å²) < 4.78 is 22.3. The van der Waals surface area contributed by atoms with E-state index in [2.05, 4.69) is 0 Å². The normalized spacial score (nSPS) is 13.8. The summed E-state index contributed by atoms with van der Waals surface area (Å²) in [6.07, 6.45) is 0.725. The number of rotatable bonds is 5. The Balaban J connectivity index is 3.04. The third-order valence-corrected chi connectivity index (χ3v) is 4.91. The fraction of sp³-hybridized carbons (Fsp3) is 0.455. The van der Waals surface area contributed by atoms with Gasteiger partial charge in [-0.2, -0.15) is 0 Å². The van der Waals surface area contributed by atoms with Crippen LogP contribution in [-0.4, -0.2) is 14.2 Å². The highest BCUT2D eigenvalue weighted by Gasteiger charge is 2.33. The zero-order valence-corrected chi connectivity index (χ0v) is 10.2. The van der Waals surface area contributed by atoms with E-state index in [9.17, 15) is 4.57 Å². The van der Waals surface area contributed by atoms with Crippen LogP contribution in [0.15, 0.2) is 30.3 Å². The molecular weight excluding hydrogens is 211 g/mol. The van der Waals surface area contributed by atoms with E-state index in [0.717, 1.165) is 12.0 Å². The van der Waals surface area contributed by atoms with Gasteiger partial charge in [0.2, 0.25) is 0 Å². The van der Waals surface area contributed by atoms with E-state index in [0.29, 0.717) is 0 Å². The SMILES string of the molecule is CC[C@@H](c1ccccc1)P(=O)(OC)OC. The minimum absolute atomic E-state index is 0.186. The Kier molecular flexibility index (Phi) is 4.52. The van der Waals surface area contributed by atoms with Gasteiger partial charge in [-0.1, -0.05) is 37.3 Å². The molecule has 0 saturated carbocycles. The van der Waals surface area contributed by atoms with Crippen LogP contribution in [0.2, 0.25) is 0 Å². The van der Waals surface area contributed by atoms with Gasteiger partial charge in [0, 0.05) is 14.2 Å². The summed E-state index contributed by atoms with van der Waals surface area (Å²) in [6.45, 7) is 1.97. The second-order valence-electron chi connectivity index (χ2n) is 3.24. The highest BCUT2D eigenvalue weighted by Crippen LogP contribution is 2.61. The predicted octanol–water partition coefficient (Wildman–Crippen LogP) is 3.62. The van der Waals surface area contributed by atoms with Crippen molar-refractivity contribution in [3.05, 3.63) is 35.9 Å². The van der Waals surface area contributed by atoms with Crippen LogP contribution in [0.25, 0.3) is 0 Å². The Morgan fingerprint density at radius 1 is 1.20 bits per heavy atom. The van der Waals surface area contributed by atoms with Crippen LogP contribution in [0.3, 0.4) is 0 Å². The van der Waals surface area contributed by atoms with Crippen LogP contribution in [0.5, 0.6) is 0 Å². The standard InChI is InChI=1S/C11H17O3P/c1-4-11(15(12,13-2)14-3)10-8-6-5-7-9-10/h5-9,11H,4H2,1-3H3/t11-/m0/s1. The molecule has 15 heavy (non-hydrogen) atoms. The highest BCUT2D eigenvalue weighted by atomic mass is 31.2. The number of hydrogen-bond donors (Lipinski definition) is 0. The third-order valence-electron chi connectivity index (χ3n) is 2.46. The second-order valence-corrected chi connectivity index (χ2v) is 5.67. The van der Waals surface area contributed by atoms with Gasteiger partial charge in [0.25, 0.3) is 0 Å². The summed E-state index contributed by atoms with van der Waals surface area (Å²) in [7, 11) is -0.160. The second kappa shape index (κ2) is 5.45. The Hall–Kier alpha value is -0.630. The molecule has 0 aliphatic carbocycles. The Morgan fingerprint density at radius 2 is 1.73 bits per heavy atom. The molecule has 4 heteroatoms. The van der Waals surface area contributed by atoms with Crippen LogP contribution in [0.4, 0.5) is 0 Å². The molecule has 1 rings (SSSR count). The molecule has 0 aliphatic rings. The first kappa shape index (κ1) is 12.4. The van der Waals surface area contributed by atoms with E-state index in [4.69, 9.17) is 9.05 Å². The largest absolute Gasteiger partial charge is 0.337 e. The summed E-state index contributed by atoms with van der Waals surface area (Å²) in [4.78, 5) is 0. The zero-order chi connectivity index (χ0) is 11.3. The van der Waals surface area contributed by atoms with Crippen molar-refractivity contribution in [1.82, 2.24) is 0 Å². The molecule has 0 spiro atoms. The minimum atomic E-state index is -3.01. The van der Waals surface area contributed by atoms with Crippen molar-refractivity contribution < 1.29 is 13.6 Å². The van der Waals surface area contributed by atoms with Crippen molar-refractivity contribution in [2.45, 2.75) is 19.0 Å². The van der Waals surface area contributed by atoms with Crippen LogP contribution < -0.4 is 0 Å². The van der Waals surface area contributed by atoms with Gasteiger partial charge in [0.05, 0.1) is 5.66 Å². The molecular formula is C11H17O3P. The summed E-state index contributed by atoms with van der Waals surface area (Å²) >= 11 is 0. The lowest BCUT2D eigenvalue weighted by Gasteiger charge is -2.23. The van der Waals surface area contributed by atoms with Gasteiger partial charge in [-0.05, 0) is 12.0 Å². The average Bonchev–Trinajstić information content (AvgIpc) is 2.31. The average molecular weight is 228 g/mol. The van der Waals surface area contributed by atoms with Crippen LogP contribution in [0.1, 0.15) is 24.6 Å². The van der Waals surface area contributed by atoms with E-state index >= 15 is 0 Å². The van der Waals surface area contributed by atoms with Crippen LogP contribution in [0, 0.1) is 0 Å². The van der Waals surface area contributed by atoms with E-state index in [1.54, 1.807) is 0 Å². The lowest BCUT2D eigenvalue weighted by molar-refractivity contribution is 0.265. The molecule has 0 aliphatic heterocycles. The fourth-order valence-electron chi connectivity index (χ4n) is 1.65. The van der Waals surface area contributed by atoms with Gasteiger partial charge in [0.1, 0.15) is 0 Å².